The largest absolute Gasteiger partial charge is 0.393 e. The molecule has 0 spiro atoms. The van der Waals surface area contributed by atoms with Crippen LogP contribution in [0.1, 0.15) is 52.9 Å². The predicted molar refractivity (Wildman–Crippen MR) is 108 cm³/mol. The van der Waals surface area contributed by atoms with E-state index in [0.717, 1.165) is 31.4 Å². The number of aliphatic hydroxyl groups excluding tert-OH is 1. The van der Waals surface area contributed by atoms with Gasteiger partial charge in [-0.25, -0.2) is 4.79 Å². The highest BCUT2D eigenvalue weighted by molar-refractivity contribution is 8.00. The van der Waals surface area contributed by atoms with Crippen LogP contribution in [0.15, 0.2) is 0 Å². The monoisotopic (exact) mass is 401 g/mol. The highest BCUT2D eigenvalue weighted by Crippen LogP contribution is 2.45. The first-order valence-corrected chi connectivity index (χ1v) is 11.0. The summed E-state index contributed by atoms with van der Waals surface area (Å²) < 4.78 is 5.49. The molecule has 2 heterocycles. The number of carbonyl (C=O) groups excluding carboxylic acids is 2. The number of hydrogen-bond donors (Lipinski definition) is 3. The second-order valence-corrected chi connectivity index (χ2v) is 9.38. The van der Waals surface area contributed by atoms with E-state index in [-0.39, 0.29) is 30.1 Å². The maximum absolute atomic E-state index is 12.1. The van der Waals surface area contributed by atoms with Crippen LogP contribution in [0.5, 0.6) is 0 Å². The second-order valence-electron chi connectivity index (χ2n) is 8.15. The number of unbranched alkanes of at least 4 members (excludes halogenated alkanes) is 1. The van der Waals surface area contributed by atoms with Crippen molar-refractivity contribution in [1.82, 2.24) is 15.5 Å². The highest BCUT2D eigenvalue weighted by Gasteiger charge is 2.56. The van der Waals surface area contributed by atoms with E-state index in [2.05, 4.69) is 17.6 Å². The van der Waals surface area contributed by atoms with Gasteiger partial charge in [0.15, 0.2) is 0 Å². The van der Waals surface area contributed by atoms with Gasteiger partial charge in [0.1, 0.15) is 0 Å². The van der Waals surface area contributed by atoms with Gasteiger partial charge in [-0.2, -0.15) is 11.8 Å². The molecular weight excluding hydrogens is 366 g/mol. The van der Waals surface area contributed by atoms with Gasteiger partial charge in [0.2, 0.25) is 5.91 Å². The molecule has 2 fully saturated rings. The van der Waals surface area contributed by atoms with Crippen molar-refractivity contribution in [3.8, 4) is 0 Å². The Bertz CT molecular complexity index is 531. The van der Waals surface area contributed by atoms with Gasteiger partial charge in [-0.15, -0.1) is 0 Å². The molecule has 156 valence electrons. The van der Waals surface area contributed by atoms with Crippen LogP contribution < -0.4 is 10.6 Å². The van der Waals surface area contributed by atoms with Crippen LogP contribution in [0, 0.1) is 0 Å². The van der Waals surface area contributed by atoms with E-state index in [0.29, 0.717) is 24.8 Å². The summed E-state index contributed by atoms with van der Waals surface area (Å²) in [5, 5.41) is 15.6. The molecule has 2 aliphatic rings. The average Bonchev–Trinajstić information content (AvgIpc) is 3.11. The fourth-order valence-electron chi connectivity index (χ4n) is 3.84. The Morgan fingerprint density at radius 3 is 2.89 bits per heavy atom. The predicted octanol–water partition coefficient (Wildman–Crippen LogP) is 1.74. The number of fused-ring (bicyclic) bond motifs is 1. The number of likely N-dealkylation sites (N-methyl/N-ethyl adjacent to an activating group) is 1. The zero-order valence-corrected chi connectivity index (χ0v) is 17.9. The standard InChI is InChI=1S/C19H35N3O4S/c1-5-19-13-27-14(16(19)21-17(25)22(19)4)8-6-7-9-15(24)20-10-11-26-18(2,3)12-23/h14,16,23H,5-13H2,1-4H3,(H,20,24)(H,21,25)/t14-,16-,19?/m0/s1. The first-order chi connectivity index (χ1) is 12.8. The van der Waals surface area contributed by atoms with Crippen molar-refractivity contribution < 1.29 is 19.4 Å². The van der Waals surface area contributed by atoms with Gasteiger partial charge in [-0.3, -0.25) is 4.79 Å². The van der Waals surface area contributed by atoms with Crippen molar-refractivity contribution >= 4 is 23.7 Å². The summed E-state index contributed by atoms with van der Waals surface area (Å²) in [4.78, 5) is 25.9. The summed E-state index contributed by atoms with van der Waals surface area (Å²) in [6.45, 7) is 6.59. The molecule has 0 saturated carbocycles. The quantitative estimate of drug-likeness (QED) is 0.362. The first-order valence-electron chi connectivity index (χ1n) is 9.93. The molecule has 0 bridgehead atoms. The molecule has 2 aliphatic heterocycles. The number of aliphatic hydroxyl groups is 1. The molecule has 7 nitrogen and oxygen atoms in total. The Morgan fingerprint density at radius 2 is 2.22 bits per heavy atom. The molecular formula is C19H35N3O4S. The smallest absolute Gasteiger partial charge is 0.318 e. The molecule has 1 unspecified atom stereocenters. The molecule has 0 aromatic rings. The number of hydrogen-bond acceptors (Lipinski definition) is 5. The lowest BCUT2D eigenvalue weighted by molar-refractivity contribution is -0.122. The van der Waals surface area contributed by atoms with E-state index >= 15 is 0 Å². The maximum Gasteiger partial charge on any atom is 0.318 e. The molecule has 3 N–H and O–H groups in total. The summed E-state index contributed by atoms with van der Waals surface area (Å²) in [5.74, 6) is 1.02. The van der Waals surface area contributed by atoms with Crippen LogP contribution in [-0.2, 0) is 9.53 Å². The van der Waals surface area contributed by atoms with E-state index in [1.807, 2.05) is 37.6 Å². The van der Waals surface area contributed by atoms with E-state index in [9.17, 15) is 9.59 Å². The topological polar surface area (TPSA) is 90.9 Å². The van der Waals surface area contributed by atoms with Crippen molar-refractivity contribution in [2.24, 2.45) is 0 Å². The molecule has 2 saturated heterocycles. The molecule has 0 aromatic heterocycles. The minimum Gasteiger partial charge on any atom is -0.393 e. The minimum atomic E-state index is -0.568. The molecule has 3 atom stereocenters. The van der Waals surface area contributed by atoms with Gasteiger partial charge in [0.25, 0.3) is 0 Å². The Balaban J connectivity index is 1.62. The van der Waals surface area contributed by atoms with Crippen molar-refractivity contribution in [2.45, 2.75) is 75.3 Å². The number of carbonyl (C=O) groups is 2. The van der Waals surface area contributed by atoms with Crippen molar-refractivity contribution in [3.05, 3.63) is 0 Å². The Hall–Kier alpha value is -0.990. The number of urea groups is 1. The number of ether oxygens (including phenoxy) is 1. The van der Waals surface area contributed by atoms with E-state index < -0.39 is 5.60 Å². The summed E-state index contributed by atoms with van der Waals surface area (Å²) >= 11 is 1.95. The Morgan fingerprint density at radius 1 is 1.48 bits per heavy atom. The highest BCUT2D eigenvalue weighted by atomic mass is 32.2. The third kappa shape index (κ3) is 5.29. The molecule has 0 radical (unpaired) electrons. The fraction of sp³-hybridized carbons (Fsp3) is 0.895. The molecule has 8 heteroatoms. The second kappa shape index (κ2) is 9.47. The zero-order chi connectivity index (χ0) is 20.1. The van der Waals surface area contributed by atoms with Crippen LogP contribution in [0.4, 0.5) is 4.79 Å². The number of rotatable bonds is 11. The van der Waals surface area contributed by atoms with Gasteiger partial charge >= 0.3 is 6.03 Å². The number of amides is 3. The lowest BCUT2D eigenvalue weighted by atomic mass is 9.86. The summed E-state index contributed by atoms with van der Waals surface area (Å²) in [5.41, 5.74) is -0.618. The van der Waals surface area contributed by atoms with E-state index in [1.54, 1.807) is 0 Å². The summed E-state index contributed by atoms with van der Waals surface area (Å²) in [7, 11) is 1.90. The number of nitrogens with zero attached hydrogens (tertiary/aromatic N) is 1. The summed E-state index contributed by atoms with van der Waals surface area (Å²) in [6.07, 6.45) is 4.33. The number of thioether (sulfide) groups is 1. The Labute approximate surface area is 167 Å². The molecule has 3 amide bonds. The fourth-order valence-corrected chi connectivity index (χ4v) is 5.77. The third-order valence-electron chi connectivity index (χ3n) is 5.80. The lowest BCUT2D eigenvalue weighted by Crippen LogP contribution is -2.50. The molecule has 2 rings (SSSR count). The zero-order valence-electron chi connectivity index (χ0n) is 17.0. The number of nitrogens with one attached hydrogen (secondary N) is 2. The summed E-state index contributed by atoms with van der Waals surface area (Å²) in [6, 6.07) is 0.254. The van der Waals surface area contributed by atoms with Crippen LogP contribution >= 0.6 is 11.8 Å². The van der Waals surface area contributed by atoms with Crippen molar-refractivity contribution in [3.63, 3.8) is 0 Å². The normalized spacial score (nSPS) is 27.6. The molecule has 0 aromatic carbocycles. The van der Waals surface area contributed by atoms with Crippen LogP contribution in [0.3, 0.4) is 0 Å². The first kappa shape index (κ1) is 22.3. The van der Waals surface area contributed by atoms with Gasteiger partial charge < -0.3 is 25.4 Å². The van der Waals surface area contributed by atoms with E-state index in [1.165, 1.54) is 0 Å². The minimum absolute atomic E-state index is 0.0382. The maximum atomic E-state index is 12.1. The Kier molecular flexibility index (Phi) is 7.83. The van der Waals surface area contributed by atoms with E-state index in [4.69, 9.17) is 9.84 Å². The van der Waals surface area contributed by atoms with Gasteiger partial charge in [0.05, 0.1) is 30.4 Å². The SMILES string of the molecule is CCC12CS[C@@H](CCCCC(=O)NCCOC(C)(C)CO)[C@@H]1NC(=O)N2C. The van der Waals surface area contributed by atoms with Crippen molar-refractivity contribution in [2.75, 3.05) is 32.6 Å². The van der Waals surface area contributed by atoms with Crippen LogP contribution in [0.25, 0.3) is 0 Å². The lowest BCUT2D eigenvalue weighted by Gasteiger charge is -2.33. The van der Waals surface area contributed by atoms with Crippen LogP contribution in [0.2, 0.25) is 0 Å². The van der Waals surface area contributed by atoms with Gasteiger partial charge in [-0.1, -0.05) is 13.3 Å². The average molecular weight is 402 g/mol. The molecule has 0 aliphatic carbocycles. The molecule has 27 heavy (non-hydrogen) atoms. The third-order valence-corrected chi connectivity index (χ3v) is 7.40. The van der Waals surface area contributed by atoms with Crippen molar-refractivity contribution in [1.29, 1.82) is 0 Å². The van der Waals surface area contributed by atoms with Crippen LogP contribution in [-0.4, -0.2) is 76.9 Å². The van der Waals surface area contributed by atoms with Gasteiger partial charge in [0, 0.05) is 31.0 Å². The van der Waals surface area contributed by atoms with Gasteiger partial charge in [-0.05, 0) is 33.1 Å².